The molecule has 0 spiro atoms. The Bertz CT molecular complexity index is 268. The van der Waals surface area contributed by atoms with Crippen molar-refractivity contribution in [1.82, 2.24) is 5.32 Å². The number of hydrogen-bond donors (Lipinski definition) is 1. The lowest BCUT2D eigenvalue weighted by Crippen LogP contribution is -2.24. The normalized spacial score (nSPS) is 33.3. The van der Waals surface area contributed by atoms with Crippen LogP contribution in [0.5, 0.6) is 0 Å². The number of nitrogens with one attached hydrogen (secondary N) is 1. The minimum absolute atomic E-state index is 0.362. The zero-order valence-corrected chi connectivity index (χ0v) is 7.67. The highest BCUT2D eigenvalue weighted by Gasteiger charge is 2.49. The molecule has 1 aromatic rings. The minimum atomic E-state index is 0.362. The highest BCUT2D eigenvalue weighted by Crippen LogP contribution is 2.50. The fraction of sp³-hybridized carbons (Fsp3) is 0.455. The molecule has 0 heterocycles. The Kier molecular flexibility index (Phi) is 1.69. The van der Waals surface area contributed by atoms with Crippen molar-refractivity contribution in [3.63, 3.8) is 0 Å². The molecule has 0 saturated heterocycles. The van der Waals surface area contributed by atoms with Crippen LogP contribution in [-0.4, -0.2) is 12.6 Å². The Balaban J connectivity index is 2.16. The van der Waals surface area contributed by atoms with Gasteiger partial charge in [0.1, 0.15) is 0 Å². The van der Waals surface area contributed by atoms with Crippen LogP contribution in [0.3, 0.4) is 0 Å². The van der Waals surface area contributed by atoms with E-state index in [4.69, 9.17) is 0 Å². The van der Waals surface area contributed by atoms with Crippen molar-refractivity contribution in [3.8, 4) is 0 Å². The quantitative estimate of drug-likeness (QED) is 0.700. The highest BCUT2D eigenvalue weighted by molar-refractivity contribution is 5.32. The number of benzene rings is 1. The van der Waals surface area contributed by atoms with Gasteiger partial charge in [-0.25, -0.2) is 0 Å². The zero-order valence-electron chi connectivity index (χ0n) is 7.67. The maximum absolute atomic E-state index is 3.36. The van der Waals surface area contributed by atoms with E-state index >= 15 is 0 Å². The fourth-order valence-electron chi connectivity index (χ4n) is 1.81. The van der Waals surface area contributed by atoms with Crippen molar-refractivity contribution in [2.24, 2.45) is 0 Å². The Labute approximate surface area is 73.8 Å². The molecule has 0 radical (unpaired) electrons. The third kappa shape index (κ3) is 1.14. The van der Waals surface area contributed by atoms with E-state index < -0.39 is 0 Å². The summed E-state index contributed by atoms with van der Waals surface area (Å²) in [5.41, 5.74) is 1.83. The lowest BCUT2D eigenvalue weighted by molar-refractivity contribution is 0.586. The van der Waals surface area contributed by atoms with Gasteiger partial charge in [0.2, 0.25) is 0 Å². The first-order valence-corrected chi connectivity index (χ1v) is 4.50. The van der Waals surface area contributed by atoms with Gasteiger partial charge in [-0.15, -0.1) is 0 Å². The first-order chi connectivity index (χ1) is 5.76. The van der Waals surface area contributed by atoms with Crippen LogP contribution in [0.15, 0.2) is 30.3 Å². The third-order valence-electron chi connectivity index (χ3n) is 3.01. The number of likely N-dealkylation sites (N-methyl/N-ethyl adjacent to an activating group) is 1. The maximum atomic E-state index is 3.36. The molecule has 1 fully saturated rings. The third-order valence-corrected chi connectivity index (χ3v) is 3.01. The predicted molar refractivity (Wildman–Crippen MR) is 51.3 cm³/mol. The molecule has 1 aromatic carbocycles. The molecule has 1 N–H and O–H groups in total. The molecule has 0 aromatic heterocycles. The first kappa shape index (κ1) is 7.81. The van der Waals surface area contributed by atoms with Crippen LogP contribution >= 0.6 is 0 Å². The Hall–Kier alpha value is -0.820. The van der Waals surface area contributed by atoms with E-state index in [1.165, 1.54) is 12.0 Å². The Morgan fingerprint density at radius 1 is 1.33 bits per heavy atom. The monoisotopic (exact) mass is 161 g/mol. The van der Waals surface area contributed by atoms with E-state index in [0.29, 0.717) is 5.54 Å². The lowest BCUT2D eigenvalue weighted by atomic mass is 10.1. The van der Waals surface area contributed by atoms with Crippen molar-refractivity contribution < 1.29 is 0 Å². The van der Waals surface area contributed by atoms with E-state index in [1.807, 2.05) is 7.05 Å². The van der Waals surface area contributed by atoms with Gasteiger partial charge in [0, 0.05) is 11.5 Å². The molecule has 2 atom stereocenters. The van der Waals surface area contributed by atoms with Gasteiger partial charge in [0.15, 0.2) is 0 Å². The first-order valence-electron chi connectivity index (χ1n) is 4.50. The maximum Gasteiger partial charge on any atom is 0.0226 e. The average Bonchev–Trinajstić information content (AvgIpc) is 2.81. The summed E-state index contributed by atoms with van der Waals surface area (Å²) in [5.74, 6) is 0.726. The van der Waals surface area contributed by atoms with Crippen molar-refractivity contribution in [2.75, 3.05) is 7.05 Å². The van der Waals surface area contributed by atoms with Gasteiger partial charge in [0.05, 0.1) is 0 Å². The average molecular weight is 161 g/mol. The second kappa shape index (κ2) is 2.60. The SMILES string of the molecule is CNC1(C)CC1c1ccccc1. The molecule has 2 unspecified atom stereocenters. The van der Waals surface area contributed by atoms with Crippen LogP contribution in [0.4, 0.5) is 0 Å². The predicted octanol–water partition coefficient (Wildman–Crippen LogP) is 2.15. The molecule has 1 heteroatoms. The summed E-state index contributed by atoms with van der Waals surface area (Å²) in [6, 6.07) is 10.7. The molecule has 0 amide bonds. The summed E-state index contributed by atoms with van der Waals surface area (Å²) in [6.45, 7) is 2.28. The van der Waals surface area contributed by atoms with E-state index in [-0.39, 0.29) is 0 Å². The van der Waals surface area contributed by atoms with E-state index in [1.54, 1.807) is 0 Å². The molecular weight excluding hydrogens is 146 g/mol. The number of hydrogen-bond acceptors (Lipinski definition) is 1. The van der Waals surface area contributed by atoms with Gasteiger partial charge >= 0.3 is 0 Å². The van der Waals surface area contributed by atoms with Crippen molar-refractivity contribution >= 4 is 0 Å². The molecule has 0 aliphatic heterocycles. The van der Waals surface area contributed by atoms with Gasteiger partial charge < -0.3 is 5.32 Å². The molecule has 1 saturated carbocycles. The summed E-state index contributed by atoms with van der Waals surface area (Å²) in [4.78, 5) is 0. The molecule has 2 rings (SSSR count). The molecule has 1 nitrogen and oxygen atoms in total. The molecular formula is C11H15N. The number of rotatable bonds is 2. The summed E-state index contributed by atoms with van der Waals surface area (Å²) in [5, 5.41) is 3.36. The lowest BCUT2D eigenvalue weighted by Gasteiger charge is -2.08. The van der Waals surface area contributed by atoms with Gasteiger partial charge in [-0.1, -0.05) is 30.3 Å². The zero-order chi connectivity index (χ0) is 8.60. The fourth-order valence-corrected chi connectivity index (χ4v) is 1.81. The van der Waals surface area contributed by atoms with Crippen LogP contribution in [0.2, 0.25) is 0 Å². The van der Waals surface area contributed by atoms with Crippen molar-refractivity contribution in [3.05, 3.63) is 35.9 Å². The van der Waals surface area contributed by atoms with Crippen LogP contribution in [0.25, 0.3) is 0 Å². The molecule has 1 aliphatic carbocycles. The summed E-state index contributed by atoms with van der Waals surface area (Å²) in [6.07, 6.45) is 1.27. The standard InChI is InChI=1S/C11H15N/c1-11(12-2)8-10(11)9-6-4-3-5-7-9/h3-7,10,12H,8H2,1-2H3. The second-order valence-corrected chi connectivity index (χ2v) is 3.83. The van der Waals surface area contributed by atoms with Gasteiger partial charge in [-0.05, 0) is 26.0 Å². The van der Waals surface area contributed by atoms with Crippen LogP contribution < -0.4 is 5.32 Å². The van der Waals surface area contributed by atoms with Gasteiger partial charge in [-0.3, -0.25) is 0 Å². The largest absolute Gasteiger partial charge is 0.314 e. The molecule has 12 heavy (non-hydrogen) atoms. The molecule has 64 valence electrons. The summed E-state index contributed by atoms with van der Waals surface area (Å²) < 4.78 is 0. The smallest absolute Gasteiger partial charge is 0.0226 e. The topological polar surface area (TPSA) is 12.0 Å². The van der Waals surface area contributed by atoms with Crippen LogP contribution in [0.1, 0.15) is 24.8 Å². The minimum Gasteiger partial charge on any atom is -0.314 e. The molecule has 1 aliphatic rings. The Morgan fingerprint density at radius 3 is 2.50 bits per heavy atom. The van der Waals surface area contributed by atoms with Gasteiger partial charge in [-0.2, -0.15) is 0 Å². The van der Waals surface area contributed by atoms with E-state index in [2.05, 4.69) is 42.6 Å². The van der Waals surface area contributed by atoms with E-state index in [9.17, 15) is 0 Å². The highest BCUT2D eigenvalue weighted by atomic mass is 15.0. The summed E-state index contributed by atoms with van der Waals surface area (Å²) >= 11 is 0. The summed E-state index contributed by atoms with van der Waals surface area (Å²) in [7, 11) is 2.04. The van der Waals surface area contributed by atoms with Crippen molar-refractivity contribution in [2.45, 2.75) is 24.8 Å². The second-order valence-electron chi connectivity index (χ2n) is 3.83. The van der Waals surface area contributed by atoms with Crippen LogP contribution in [-0.2, 0) is 0 Å². The Morgan fingerprint density at radius 2 is 2.00 bits per heavy atom. The van der Waals surface area contributed by atoms with Crippen molar-refractivity contribution in [1.29, 1.82) is 0 Å². The van der Waals surface area contributed by atoms with Gasteiger partial charge in [0.25, 0.3) is 0 Å². The molecule has 0 bridgehead atoms. The van der Waals surface area contributed by atoms with Crippen LogP contribution in [0, 0.1) is 0 Å². The van der Waals surface area contributed by atoms with E-state index in [0.717, 1.165) is 5.92 Å².